The van der Waals surface area contributed by atoms with Crippen LogP contribution >= 0.6 is 0 Å². The summed E-state index contributed by atoms with van der Waals surface area (Å²) in [6.45, 7) is 12.9. The average molecular weight is 140 g/mol. The van der Waals surface area contributed by atoms with Crippen molar-refractivity contribution >= 4 is 0 Å². The molecule has 0 saturated heterocycles. The molecule has 0 aromatic rings. The summed E-state index contributed by atoms with van der Waals surface area (Å²) in [7, 11) is 0. The molecule has 0 fully saturated rings. The Bertz CT molecular complexity index is 114. The fourth-order valence-corrected chi connectivity index (χ4v) is 0.440. The van der Waals surface area contributed by atoms with Crippen molar-refractivity contribution in [3.63, 3.8) is 0 Å². The highest BCUT2D eigenvalue weighted by molar-refractivity contribution is 4.97. The van der Waals surface area contributed by atoms with Crippen molar-refractivity contribution in [2.45, 2.75) is 13.8 Å². The van der Waals surface area contributed by atoms with Crippen LogP contribution in [-0.4, -0.2) is 13.2 Å². The van der Waals surface area contributed by atoms with Gasteiger partial charge in [-0.15, -0.1) is 6.58 Å². The van der Waals surface area contributed by atoms with Crippen molar-refractivity contribution in [2.75, 3.05) is 13.2 Å². The molecule has 0 aromatic heterocycles. The highest BCUT2D eigenvalue weighted by atomic mass is 16.5. The number of hydrogen-bond acceptors (Lipinski definition) is 1. The second-order valence-electron chi connectivity index (χ2n) is 2.62. The summed E-state index contributed by atoms with van der Waals surface area (Å²) in [5.41, 5.74) is 1.14. The molecule has 0 amide bonds. The van der Waals surface area contributed by atoms with Crippen LogP contribution in [0.2, 0.25) is 0 Å². The lowest BCUT2D eigenvalue weighted by atomic mass is 10.1. The largest absolute Gasteiger partial charge is 0.373 e. The van der Waals surface area contributed by atoms with Crippen LogP contribution in [0.3, 0.4) is 0 Å². The van der Waals surface area contributed by atoms with E-state index in [1.165, 1.54) is 0 Å². The molecule has 0 N–H and O–H groups in total. The van der Waals surface area contributed by atoms with E-state index in [-0.39, 0.29) is 0 Å². The molecule has 0 aromatic carbocycles. The maximum atomic E-state index is 5.19. The minimum absolute atomic E-state index is 0.518. The third kappa shape index (κ3) is 4.33. The zero-order chi connectivity index (χ0) is 7.98. The average Bonchev–Trinajstić information content (AvgIpc) is 1.88. The quantitative estimate of drug-likeness (QED) is 0.421. The van der Waals surface area contributed by atoms with E-state index < -0.39 is 0 Å². The SMILES string of the molecule is C=CCOCC(=C)C(C)C. The van der Waals surface area contributed by atoms with Crippen LogP contribution < -0.4 is 0 Å². The van der Waals surface area contributed by atoms with Crippen molar-refractivity contribution in [3.8, 4) is 0 Å². The lowest BCUT2D eigenvalue weighted by Crippen LogP contribution is -2.02. The Kier molecular flexibility index (Phi) is 4.95. The molecule has 1 heteroatoms. The van der Waals surface area contributed by atoms with E-state index >= 15 is 0 Å². The van der Waals surface area contributed by atoms with Crippen LogP contribution in [0.25, 0.3) is 0 Å². The van der Waals surface area contributed by atoms with E-state index in [0.29, 0.717) is 19.1 Å². The zero-order valence-electron chi connectivity index (χ0n) is 6.89. The summed E-state index contributed by atoms with van der Waals surface area (Å²) in [6.07, 6.45) is 1.74. The van der Waals surface area contributed by atoms with Crippen molar-refractivity contribution < 1.29 is 4.74 Å². The fourth-order valence-electron chi connectivity index (χ4n) is 0.440. The lowest BCUT2D eigenvalue weighted by molar-refractivity contribution is 0.181. The Morgan fingerprint density at radius 3 is 2.60 bits per heavy atom. The minimum atomic E-state index is 0.518. The molecule has 0 aliphatic heterocycles. The number of ether oxygens (including phenoxy) is 1. The molecule has 10 heavy (non-hydrogen) atoms. The van der Waals surface area contributed by atoms with Gasteiger partial charge >= 0.3 is 0 Å². The van der Waals surface area contributed by atoms with Crippen LogP contribution in [0.5, 0.6) is 0 Å². The van der Waals surface area contributed by atoms with Crippen molar-refractivity contribution in [1.29, 1.82) is 0 Å². The first-order chi connectivity index (χ1) is 4.68. The van der Waals surface area contributed by atoms with Crippen LogP contribution in [0.4, 0.5) is 0 Å². The van der Waals surface area contributed by atoms with Gasteiger partial charge in [0.1, 0.15) is 0 Å². The van der Waals surface area contributed by atoms with Crippen LogP contribution in [0.1, 0.15) is 13.8 Å². The van der Waals surface area contributed by atoms with E-state index in [9.17, 15) is 0 Å². The smallest absolute Gasteiger partial charge is 0.0680 e. The van der Waals surface area contributed by atoms with E-state index in [4.69, 9.17) is 4.74 Å². The molecule has 0 spiro atoms. The molecule has 0 unspecified atom stereocenters. The summed E-state index contributed by atoms with van der Waals surface area (Å²) in [4.78, 5) is 0. The van der Waals surface area contributed by atoms with Crippen molar-refractivity contribution in [1.82, 2.24) is 0 Å². The molecular weight excluding hydrogens is 124 g/mol. The zero-order valence-corrected chi connectivity index (χ0v) is 6.89. The Balaban J connectivity index is 3.30. The van der Waals surface area contributed by atoms with Gasteiger partial charge in [0.15, 0.2) is 0 Å². The van der Waals surface area contributed by atoms with E-state index in [0.717, 1.165) is 5.57 Å². The topological polar surface area (TPSA) is 9.23 Å². The van der Waals surface area contributed by atoms with Gasteiger partial charge in [0, 0.05) is 0 Å². The maximum Gasteiger partial charge on any atom is 0.0680 e. The monoisotopic (exact) mass is 140 g/mol. The predicted octanol–water partition coefficient (Wildman–Crippen LogP) is 2.40. The van der Waals surface area contributed by atoms with Gasteiger partial charge in [0.05, 0.1) is 13.2 Å². The van der Waals surface area contributed by atoms with E-state index in [1.807, 2.05) is 0 Å². The van der Waals surface area contributed by atoms with E-state index in [2.05, 4.69) is 27.0 Å². The summed E-state index contributed by atoms with van der Waals surface area (Å²) >= 11 is 0. The van der Waals surface area contributed by atoms with Gasteiger partial charge in [-0.2, -0.15) is 0 Å². The number of rotatable bonds is 5. The van der Waals surface area contributed by atoms with Crippen molar-refractivity contribution in [3.05, 3.63) is 24.8 Å². The van der Waals surface area contributed by atoms with Crippen LogP contribution in [-0.2, 0) is 4.74 Å². The molecule has 58 valence electrons. The van der Waals surface area contributed by atoms with Crippen molar-refractivity contribution in [2.24, 2.45) is 5.92 Å². The molecule has 0 aliphatic rings. The summed E-state index contributed by atoms with van der Waals surface area (Å²) in [5.74, 6) is 0.518. The molecule has 0 rings (SSSR count). The lowest BCUT2D eigenvalue weighted by Gasteiger charge is -2.07. The van der Waals surface area contributed by atoms with Gasteiger partial charge in [-0.1, -0.05) is 26.5 Å². The molecule has 0 aliphatic carbocycles. The predicted molar refractivity (Wildman–Crippen MR) is 45.0 cm³/mol. The van der Waals surface area contributed by atoms with Gasteiger partial charge in [-0.25, -0.2) is 0 Å². The summed E-state index contributed by atoms with van der Waals surface area (Å²) in [6, 6.07) is 0. The third-order valence-electron chi connectivity index (χ3n) is 1.34. The third-order valence-corrected chi connectivity index (χ3v) is 1.34. The Morgan fingerprint density at radius 1 is 1.60 bits per heavy atom. The Morgan fingerprint density at radius 2 is 2.20 bits per heavy atom. The molecular formula is C9H16O. The number of hydrogen-bond donors (Lipinski definition) is 0. The highest BCUT2D eigenvalue weighted by Gasteiger charge is 1.97. The first-order valence-corrected chi connectivity index (χ1v) is 3.54. The first-order valence-electron chi connectivity index (χ1n) is 3.54. The first kappa shape index (κ1) is 9.44. The summed E-state index contributed by atoms with van der Waals surface area (Å²) in [5, 5.41) is 0. The van der Waals surface area contributed by atoms with E-state index in [1.54, 1.807) is 6.08 Å². The second-order valence-corrected chi connectivity index (χ2v) is 2.62. The minimum Gasteiger partial charge on any atom is -0.373 e. The Hall–Kier alpha value is -0.560. The van der Waals surface area contributed by atoms with Gasteiger partial charge in [-0.05, 0) is 11.5 Å². The van der Waals surface area contributed by atoms with Crippen LogP contribution in [0.15, 0.2) is 24.8 Å². The van der Waals surface area contributed by atoms with Crippen LogP contribution in [0, 0.1) is 5.92 Å². The summed E-state index contributed by atoms with van der Waals surface area (Å²) < 4.78 is 5.19. The second kappa shape index (κ2) is 5.24. The molecule has 0 bridgehead atoms. The molecule has 0 saturated carbocycles. The molecule has 0 radical (unpaired) electrons. The van der Waals surface area contributed by atoms with Gasteiger partial charge in [-0.3, -0.25) is 0 Å². The van der Waals surface area contributed by atoms with Gasteiger partial charge in [0.2, 0.25) is 0 Å². The van der Waals surface area contributed by atoms with Gasteiger partial charge < -0.3 is 4.74 Å². The Labute approximate surface area is 63.4 Å². The standard InChI is InChI=1S/C9H16O/c1-5-6-10-7-9(4)8(2)3/h5,8H,1,4,6-7H2,2-3H3. The molecule has 0 atom stereocenters. The highest BCUT2D eigenvalue weighted by Crippen LogP contribution is 2.05. The normalized spacial score (nSPS) is 9.90. The molecule has 0 heterocycles. The fraction of sp³-hybridized carbons (Fsp3) is 0.556. The maximum absolute atomic E-state index is 5.19. The molecule has 1 nitrogen and oxygen atoms in total. The van der Waals surface area contributed by atoms with Gasteiger partial charge in [0.25, 0.3) is 0 Å².